The molecule has 2 N–H and O–H groups in total. The predicted octanol–water partition coefficient (Wildman–Crippen LogP) is 3.91. The molecule has 0 spiro atoms. The number of fused-ring (bicyclic) bond motifs is 1. The van der Waals surface area contributed by atoms with Crippen LogP contribution in [0.25, 0.3) is 10.9 Å². The second-order valence-corrected chi connectivity index (χ2v) is 7.85. The summed E-state index contributed by atoms with van der Waals surface area (Å²) in [7, 11) is -4.09. The molecule has 11 heteroatoms. The molecule has 3 aromatic rings. The van der Waals surface area contributed by atoms with Crippen LogP contribution in [0.4, 0.5) is 22.0 Å². The minimum atomic E-state index is -5.04. The molecule has 2 aromatic carbocycles. The van der Waals surface area contributed by atoms with E-state index in [9.17, 15) is 30.4 Å². The maximum Gasteiger partial charge on any atom is 0.405 e. The van der Waals surface area contributed by atoms with Crippen molar-refractivity contribution in [3.05, 3.63) is 59.8 Å². The van der Waals surface area contributed by atoms with Gasteiger partial charge in [0, 0.05) is 29.2 Å². The van der Waals surface area contributed by atoms with Crippen molar-refractivity contribution in [2.45, 2.75) is 23.5 Å². The standard InChI is InChI=1S/C18H15F5N2O3S/c1-28-15-8-11(19)7-13(20)17(15)29(26,27)25-16(18(21,22)23)6-10-9-24-14-5-3-2-4-12(10)14/h2-5,7-9,16,24-25H,6H2,1H3. The summed E-state index contributed by atoms with van der Waals surface area (Å²) < 4.78 is 99.3. The number of benzene rings is 2. The number of ether oxygens (including phenoxy) is 1. The van der Waals surface area contributed by atoms with Crippen LogP contribution >= 0.6 is 0 Å². The summed E-state index contributed by atoms with van der Waals surface area (Å²) in [6, 6.07) is 4.83. The lowest BCUT2D eigenvalue weighted by molar-refractivity contribution is -0.150. The summed E-state index contributed by atoms with van der Waals surface area (Å²) in [6.07, 6.45) is -4.37. The fourth-order valence-electron chi connectivity index (χ4n) is 2.94. The number of methoxy groups -OCH3 is 1. The van der Waals surface area contributed by atoms with Crippen molar-refractivity contribution in [3.8, 4) is 5.75 Å². The van der Waals surface area contributed by atoms with Gasteiger partial charge >= 0.3 is 6.18 Å². The zero-order valence-corrected chi connectivity index (χ0v) is 15.7. The third kappa shape index (κ3) is 4.35. The molecule has 5 nitrogen and oxygen atoms in total. The molecule has 29 heavy (non-hydrogen) atoms. The van der Waals surface area contributed by atoms with E-state index in [-0.39, 0.29) is 11.6 Å². The number of alkyl halides is 3. The molecule has 0 bridgehead atoms. The first-order chi connectivity index (χ1) is 13.5. The van der Waals surface area contributed by atoms with E-state index in [1.165, 1.54) is 10.9 Å². The zero-order chi connectivity index (χ0) is 21.4. The first-order valence-electron chi connectivity index (χ1n) is 8.20. The van der Waals surface area contributed by atoms with Crippen LogP contribution in [0.1, 0.15) is 5.56 Å². The number of hydrogen-bond donors (Lipinski definition) is 2. The lowest BCUT2D eigenvalue weighted by Gasteiger charge is -2.22. The van der Waals surface area contributed by atoms with Crippen LogP contribution in [-0.2, 0) is 16.4 Å². The van der Waals surface area contributed by atoms with Crippen molar-refractivity contribution in [1.82, 2.24) is 9.71 Å². The average Bonchev–Trinajstić information content (AvgIpc) is 3.02. The van der Waals surface area contributed by atoms with Crippen LogP contribution in [0.15, 0.2) is 47.5 Å². The fraction of sp³-hybridized carbons (Fsp3) is 0.222. The second kappa shape index (κ2) is 7.64. The van der Waals surface area contributed by atoms with Crippen LogP contribution in [0.2, 0.25) is 0 Å². The molecular formula is C18H15F5N2O3S. The lowest BCUT2D eigenvalue weighted by atomic mass is 10.1. The molecule has 0 aliphatic rings. The van der Waals surface area contributed by atoms with E-state index in [2.05, 4.69) is 9.72 Å². The molecule has 0 aliphatic heterocycles. The monoisotopic (exact) mass is 434 g/mol. The summed E-state index contributed by atoms with van der Waals surface area (Å²) in [5.41, 5.74) is 0.801. The van der Waals surface area contributed by atoms with E-state index in [4.69, 9.17) is 0 Å². The van der Waals surface area contributed by atoms with Crippen LogP contribution in [-0.4, -0.2) is 32.7 Å². The number of nitrogens with one attached hydrogen (secondary N) is 2. The molecule has 1 aromatic heterocycles. The molecule has 3 rings (SSSR count). The molecule has 0 aliphatic carbocycles. The average molecular weight is 434 g/mol. The molecule has 1 atom stereocenters. The number of hydrogen-bond acceptors (Lipinski definition) is 3. The topological polar surface area (TPSA) is 71.2 Å². The van der Waals surface area contributed by atoms with Crippen molar-refractivity contribution in [3.63, 3.8) is 0 Å². The van der Waals surface area contributed by atoms with Gasteiger partial charge in [0.25, 0.3) is 0 Å². The van der Waals surface area contributed by atoms with E-state index in [1.807, 2.05) is 0 Å². The van der Waals surface area contributed by atoms with Gasteiger partial charge in [0.05, 0.1) is 7.11 Å². The number of aromatic amines is 1. The molecule has 0 amide bonds. The number of aromatic nitrogens is 1. The number of rotatable bonds is 6. The van der Waals surface area contributed by atoms with E-state index in [0.717, 1.165) is 7.11 Å². The summed E-state index contributed by atoms with van der Waals surface area (Å²) in [4.78, 5) is 1.61. The van der Waals surface area contributed by atoms with Gasteiger partial charge in [0.15, 0.2) is 4.90 Å². The van der Waals surface area contributed by atoms with Gasteiger partial charge in [0.1, 0.15) is 23.4 Å². The van der Waals surface area contributed by atoms with Gasteiger partial charge in [0.2, 0.25) is 10.0 Å². The van der Waals surface area contributed by atoms with Gasteiger partial charge < -0.3 is 9.72 Å². The van der Waals surface area contributed by atoms with Crippen molar-refractivity contribution in [2.75, 3.05) is 7.11 Å². The Balaban J connectivity index is 1.99. The maximum atomic E-state index is 14.1. The molecule has 1 unspecified atom stereocenters. The van der Waals surface area contributed by atoms with Crippen molar-refractivity contribution >= 4 is 20.9 Å². The molecule has 0 radical (unpaired) electrons. The summed E-state index contributed by atoms with van der Waals surface area (Å²) >= 11 is 0. The van der Waals surface area contributed by atoms with E-state index in [1.54, 1.807) is 24.3 Å². The van der Waals surface area contributed by atoms with Crippen LogP contribution in [0.5, 0.6) is 5.75 Å². The minimum absolute atomic E-state index is 0.220. The molecule has 156 valence electrons. The first-order valence-corrected chi connectivity index (χ1v) is 9.68. The third-order valence-corrected chi connectivity index (χ3v) is 5.78. The molecule has 0 saturated heterocycles. The molecular weight excluding hydrogens is 419 g/mol. The predicted molar refractivity (Wildman–Crippen MR) is 95.1 cm³/mol. The molecule has 0 saturated carbocycles. The summed E-state index contributed by atoms with van der Waals surface area (Å²) in [5.74, 6) is -3.45. The minimum Gasteiger partial charge on any atom is -0.495 e. The Morgan fingerprint density at radius 1 is 1.17 bits per heavy atom. The smallest absolute Gasteiger partial charge is 0.405 e. The highest BCUT2D eigenvalue weighted by atomic mass is 32.2. The lowest BCUT2D eigenvalue weighted by Crippen LogP contribution is -2.47. The Bertz CT molecular complexity index is 1140. The SMILES string of the molecule is COc1cc(F)cc(F)c1S(=O)(=O)NC(Cc1c[nH]c2ccccc12)C(F)(F)F. The largest absolute Gasteiger partial charge is 0.495 e. The second-order valence-electron chi connectivity index (χ2n) is 6.20. The van der Waals surface area contributed by atoms with Gasteiger partial charge in [-0.05, 0) is 18.1 Å². The van der Waals surface area contributed by atoms with Crippen molar-refractivity contribution < 1.29 is 35.1 Å². The van der Waals surface area contributed by atoms with Crippen molar-refractivity contribution in [2.24, 2.45) is 0 Å². The highest BCUT2D eigenvalue weighted by molar-refractivity contribution is 7.89. The first kappa shape index (κ1) is 21.1. The van der Waals surface area contributed by atoms with Crippen molar-refractivity contribution in [1.29, 1.82) is 0 Å². The maximum absolute atomic E-state index is 14.1. The van der Waals surface area contributed by atoms with Gasteiger partial charge in [-0.3, -0.25) is 0 Å². The van der Waals surface area contributed by atoms with E-state index >= 15 is 0 Å². The van der Waals surface area contributed by atoms with E-state index in [0.29, 0.717) is 17.0 Å². The highest BCUT2D eigenvalue weighted by Crippen LogP contribution is 2.31. The van der Waals surface area contributed by atoms with Gasteiger partial charge in [-0.15, -0.1) is 0 Å². The number of H-pyrrole nitrogens is 1. The quantitative estimate of drug-likeness (QED) is 0.578. The molecule has 1 heterocycles. The highest BCUT2D eigenvalue weighted by Gasteiger charge is 2.43. The zero-order valence-electron chi connectivity index (χ0n) is 14.8. The van der Waals surface area contributed by atoms with Crippen LogP contribution in [0.3, 0.4) is 0 Å². The van der Waals surface area contributed by atoms with Gasteiger partial charge in [-0.1, -0.05) is 18.2 Å². The fourth-order valence-corrected chi connectivity index (χ4v) is 4.37. The van der Waals surface area contributed by atoms with Crippen LogP contribution < -0.4 is 9.46 Å². The van der Waals surface area contributed by atoms with Gasteiger partial charge in [-0.2, -0.15) is 17.9 Å². The number of sulfonamides is 1. The van der Waals surface area contributed by atoms with Gasteiger partial charge in [-0.25, -0.2) is 17.2 Å². The number of para-hydroxylation sites is 1. The summed E-state index contributed by atoms with van der Waals surface area (Å²) in [5, 5.41) is 0.492. The Morgan fingerprint density at radius 3 is 2.52 bits per heavy atom. The molecule has 0 fully saturated rings. The number of halogens is 5. The Kier molecular flexibility index (Phi) is 5.54. The van der Waals surface area contributed by atoms with E-state index < -0.39 is 50.9 Å². The normalized spacial score (nSPS) is 13.6. The van der Waals surface area contributed by atoms with Crippen LogP contribution in [0, 0.1) is 11.6 Å². The Labute approximate surface area is 162 Å². The Morgan fingerprint density at radius 2 is 1.86 bits per heavy atom. The Hall–Kier alpha value is -2.66. The third-order valence-electron chi connectivity index (χ3n) is 4.25. The summed E-state index contributed by atoms with van der Waals surface area (Å²) in [6.45, 7) is 0.